The van der Waals surface area contributed by atoms with Crippen LogP contribution in [0, 0.1) is 5.92 Å². The molecule has 0 bridgehead atoms. The van der Waals surface area contributed by atoms with Crippen LogP contribution in [0.2, 0.25) is 0 Å². The standard InChI is InChI=1S/C12H24N2O2/c1-9-5-3-7-13-11(9)12(16)14-10(2)6-4-8-15/h9-11,13,15H,3-8H2,1-2H3,(H,14,16). The van der Waals surface area contributed by atoms with Gasteiger partial charge >= 0.3 is 0 Å². The number of piperidine rings is 1. The van der Waals surface area contributed by atoms with Crippen LogP contribution in [0.25, 0.3) is 0 Å². The maximum Gasteiger partial charge on any atom is 0.237 e. The zero-order chi connectivity index (χ0) is 12.0. The Morgan fingerprint density at radius 1 is 1.62 bits per heavy atom. The summed E-state index contributed by atoms with van der Waals surface area (Å²) in [5.74, 6) is 0.524. The lowest BCUT2D eigenvalue weighted by molar-refractivity contribution is -0.125. The van der Waals surface area contributed by atoms with E-state index in [1.807, 2.05) is 6.92 Å². The summed E-state index contributed by atoms with van der Waals surface area (Å²) in [5, 5.41) is 15.0. The zero-order valence-corrected chi connectivity index (χ0v) is 10.3. The van der Waals surface area contributed by atoms with Gasteiger partial charge in [0.1, 0.15) is 0 Å². The number of rotatable bonds is 5. The predicted molar refractivity (Wildman–Crippen MR) is 64.1 cm³/mol. The first-order chi connectivity index (χ1) is 7.65. The SMILES string of the molecule is CC(CCCO)NC(=O)C1NCCCC1C. The van der Waals surface area contributed by atoms with Crippen LogP contribution in [0.3, 0.4) is 0 Å². The van der Waals surface area contributed by atoms with Crippen LogP contribution in [-0.2, 0) is 4.79 Å². The molecule has 3 unspecified atom stereocenters. The minimum Gasteiger partial charge on any atom is -0.396 e. The third-order valence-electron chi connectivity index (χ3n) is 3.24. The lowest BCUT2D eigenvalue weighted by atomic mass is 9.92. The highest BCUT2D eigenvalue weighted by atomic mass is 16.3. The summed E-state index contributed by atoms with van der Waals surface area (Å²) in [6, 6.07) is 0.112. The van der Waals surface area contributed by atoms with Crippen molar-refractivity contribution >= 4 is 5.91 Å². The lowest BCUT2D eigenvalue weighted by Crippen LogP contribution is -2.52. The van der Waals surface area contributed by atoms with E-state index in [2.05, 4.69) is 17.6 Å². The molecule has 0 aromatic heterocycles. The van der Waals surface area contributed by atoms with Gasteiger partial charge in [-0.25, -0.2) is 0 Å². The maximum absolute atomic E-state index is 11.9. The van der Waals surface area contributed by atoms with Crippen LogP contribution in [0.4, 0.5) is 0 Å². The topological polar surface area (TPSA) is 61.4 Å². The van der Waals surface area contributed by atoms with Crippen LogP contribution in [0.5, 0.6) is 0 Å². The molecule has 3 N–H and O–H groups in total. The third-order valence-corrected chi connectivity index (χ3v) is 3.24. The molecule has 0 aliphatic carbocycles. The van der Waals surface area contributed by atoms with E-state index in [9.17, 15) is 4.79 Å². The minimum absolute atomic E-state index is 0.0367. The fourth-order valence-corrected chi connectivity index (χ4v) is 2.20. The number of amides is 1. The maximum atomic E-state index is 11.9. The molecule has 3 atom stereocenters. The van der Waals surface area contributed by atoms with E-state index in [0.717, 1.165) is 32.2 Å². The molecule has 1 saturated heterocycles. The fraction of sp³-hybridized carbons (Fsp3) is 0.917. The van der Waals surface area contributed by atoms with E-state index >= 15 is 0 Å². The Labute approximate surface area is 97.8 Å². The third kappa shape index (κ3) is 4.10. The van der Waals surface area contributed by atoms with Crippen molar-refractivity contribution in [3.05, 3.63) is 0 Å². The molecular formula is C12H24N2O2. The van der Waals surface area contributed by atoms with Crippen molar-refractivity contribution in [2.45, 2.75) is 51.6 Å². The first kappa shape index (κ1) is 13.5. The number of aliphatic hydroxyl groups excluding tert-OH is 1. The van der Waals surface area contributed by atoms with E-state index in [1.165, 1.54) is 0 Å². The molecule has 16 heavy (non-hydrogen) atoms. The van der Waals surface area contributed by atoms with Crippen molar-refractivity contribution in [2.75, 3.05) is 13.2 Å². The summed E-state index contributed by atoms with van der Waals surface area (Å²) < 4.78 is 0. The van der Waals surface area contributed by atoms with E-state index in [1.54, 1.807) is 0 Å². The van der Waals surface area contributed by atoms with E-state index in [4.69, 9.17) is 5.11 Å². The van der Waals surface area contributed by atoms with Crippen LogP contribution in [0.1, 0.15) is 39.5 Å². The molecule has 0 aromatic rings. The molecule has 4 heteroatoms. The molecule has 0 radical (unpaired) electrons. The number of carbonyl (C=O) groups is 1. The van der Waals surface area contributed by atoms with Crippen molar-refractivity contribution < 1.29 is 9.90 Å². The van der Waals surface area contributed by atoms with Gasteiger partial charge in [0.2, 0.25) is 5.91 Å². The van der Waals surface area contributed by atoms with Crippen LogP contribution >= 0.6 is 0 Å². The summed E-state index contributed by atoms with van der Waals surface area (Å²) in [6.07, 6.45) is 3.86. The highest BCUT2D eigenvalue weighted by Crippen LogP contribution is 2.15. The van der Waals surface area contributed by atoms with E-state index < -0.39 is 0 Å². The number of aliphatic hydroxyl groups is 1. The lowest BCUT2D eigenvalue weighted by Gasteiger charge is -2.30. The van der Waals surface area contributed by atoms with Gasteiger partial charge in [-0.05, 0) is 45.1 Å². The Bertz CT molecular complexity index is 221. The smallest absolute Gasteiger partial charge is 0.237 e. The van der Waals surface area contributed by atoms with Gasteiger partial charge in [0, 0.05) is 12.6 Å². The van der Waals surface area contributed by atoms with Gasteiger partial charge in [-0.1, -0.05) is 6.92 Å². The van der Waals surface area contributed by atoms with Gasteiger partial charge in [0.25, 0.3) is 0 Å². The van der Waals surface area contributed by atoms with Crippen molar-refractivity contribution in [1.82, 2.24) is 10.6 Å². The van der Waals surface area contributed by atoms with Crippen molar-refractivity contribution in [2.24, 2.45) is 5.92 Å². The van der Waals surface area contributed by atoms with E-state index in [0.29, 0.717) is 5.92 Å². The summed E-state index contributed by atoms with van der Waals surface area (Å²) >= 11 is 0. The van der Waals surface area contributed by atoms with Crippen LogP contribution < -0.4 is 10.6 Å². The highest BCUT2D eigenvalue weighted by molar-refractivity contribution is 5.82. The predicted octanol–water partition coefficient (Wildman–Crippen LogP) is 0.652. The second-order valence-electron chi connectivity index (χ2n) is 4.83. The van der Waals surface area contributed by atoms with Gasteiger partial charge in [-0.2, -0.15) is 0 Å². The second kappa shape index (κ2) is 6.86. The molecule has 94 valence electrons. The molecular weight excluding hydrogens is 204 g/mol. The Balaban J connectivity index is 2.32. The number of hydrogen-bond acceptors (Lipinski definition) is 3. The average Bonchev–Trinajstić information content (AvgIpc) is 2.26. The molecule has 1 fully saturated rings. The molecule has 1 rings (SSSR count). The second-order valence-corrected chi connectivity index (χ2v) is 4.83. The Morgan fingerprint density at radius 3 is 3.00 bits per heavy atom. The van der Waals surface area contributed by atoms with Gasteiger partial charge in [-0.15, -0.1) is 0 Å². The largest absolute Gasteiger partial charge is 0.396 e. The van der Waals surface area contributed by atoms with Crippen LogP contribution in [-0.4, -0.2) is 36.2 Å². The number of carbonyl (C=O) groups excluding carboxylic acids is 1. The number of nitrogens with one attached hydrogen (secondary N) is 2. The Morgan fingerprint density at radius 2 is 2.38 bits per heavy atom. The first-order valence-corrected chi connectivity index (χ1v) is 6.29. The van der Waals surface area contributed by atoms with Crippen molar-refractivity contribution in [3.63, 3.8) is 0 Å². The zero-order valence-electron chi connectivity index (χ0n) is 10.3. The highest BCUT2D eigenvalue weighted by Gasteiger charge is 2.27. The molecule has 4 nitrogen and oxygen atoms in total. The summed E-state index contributed by atoms with van der Waals surface area (Å²) in [6.45, 7) is 5.24. The summed E-state index contributed by atoms with van der Waals surface area (Å²) in [4.78, 5) is 11.9. The van der Waals surface area contributed by atoms with Gasteiger partial charge in [-0.3, -0.25) is 4.79 Å². The fourth-order valence-electron chi connectivity index (χ4n) is 2.20. The van der Waals surface area contributed by atoms with E-state index in [-0.39, 0.29) is 24.6 Å². The normalized spacial score (nSPS) is 27.4. The Hall–Kier alpha value is -0.610. The Kier molecular flexibility index (Phi) is 5.77. The van der Waals surface area contributed by atoms with Crippen LogP contribution in [0.15, 0.2) is 0 Å². The monoisotopic (exact) mass is 228 g/mol. The first-order valence-electron chi connectivity index (χ1n) is 6.29. The molecule has 0 spiro atoms. The molecule has 1 amide bonds. The quantitative estimate of drug-likeness (QED) is 0.647. The summed E-state index contributed by atoms with van der Waals surface area (Å²) in [5.41, 5.74) is 0. The van der Waals surface area contributed by atoms with Gasteiger partial charge < -0.3 is 15.7 Å². The molecule has 0 saturated carbocycles. The van der Waals surface area contributed by atoms with Gasteiger partial charge in [0.15, 0.2) is 0 Å². The average molecular weight is 228 g/mol. The minimum atomic E-state index is -0.0367. The van der Waals surface area contributed by atoms with Crippen molar-refractivity contribution in [1.29, 1.82) is 0 Å². The molecule has 1 heterocycles. The van der Waals surface area contributed by atoms with Gasteiger partial charge in [0.05, 0.1) is 6.04 Å². The molecule has 0 aromatic carbocycles. The summed E-state index contributed by atoms with van der Waals surface area (Å²) in [7, 11) is 0. The number of hydrogen-bond donors (Lipinski definition) is 3. The van der Waals surface area contributed by atoms with Crippen molar-refractivity contribution in [3.8, 4) is 0 Å². The molecule has 1 aliphatic rings. The molecule has 1 aliphatic heterocycles.